The Morgan fingerprint density at radius 2 is 2.20 bits per heavy atom. The average molecular weight is 340 g/mol. The molecule has 2 aromatic heterocycles. The Labute approximate surface area is 145 Å². The molecule has 130 valence electrons. The second kappa shape index (κ2) is 6.33. The number of fused-ring (bicyclic) bond motifs is 1. The lowest BCUT2D eigenvalue weighted by atomic mass is 10.1. The Morgan fingerprint density at radius 1 is 1.32 bits per heavy atom. The molecule has 1 aromatic carbocycles. The molecule has 0 aliphatic carbocycles. The number of aromatic amines is 1. The van der Waals surface area contributed by atoms with Gasteiger partial charge in [0.15, 0.2) is 6.10 Å². The van der Waals surface area contributed by atoms with Crippen molar-refractivity contribution in [1.29, 1.82) is 0 Å². The maximum absolute atomic E-state index is 13.0. The zero-order valence-electron chi connectivity index (χ0n) is 14.2. The van der Waals surface area contributed by atoms with Crippen molar-refractivity contribution in [2.45, 2.75) is 25.9 Å². The molecule has 0 radical (unpaired) electrons. The van der Waals surface area contributed by atoms with Crippen LogP contribution in [0.3, 0.4) is 0 Å². The van der Waals surface area contributed by atoms with Crippen LogP contribution in [-0.4, -0.2) is 45.7 Å². The van der Waals surface area contributed by atoms with E-state index in [-0.39, 0.29) is 17.9 Å². The Morgan fingerprint density at radius 3 is 3.00 bits per heavy atom. The zero-order valence-corrected chi connectivity index (χ0v) is 14.2. The first-order valence-electron chi connectivity index (χ1n) is 8.44. The number of amides is 1. The fourth-order valence-corrected chi connectivity index (χ4v) is 3.03. The van der Waals surface area contributed by atoms with E-state index in [1.807, 2.05) is 44.3 Å². The average Bonchev–Trinajstić information content (AvgIpc) is 3.30. The van der Waals surface area contributed by atoms with Crippen LogP contribution >= 0.6 is 0 Å². The summed E-state index contributed by atoms with van der Waals surface area (Å²) in [5.74, 6) is 1.15. The minimum absolute atomic E-state index is 0.0232. The summed E-state index contributed by atoms with van der Waals surface area (Å²) in [6.07, 6.45) is 1.45. The van der Waals surface area contributed by atoms with Gasteiger partial charge in [-0.05, 0) is 12.1 Å². The molecule has 7 heteroatoms. The second-order valence-corrected chi connectivity index (χ2v) is 6.49. The number of carbonyl (C=O) groups is 1. The molecule has 25 heavy (non-hydrogen) atoms. The molecule has 1 aliphatic rings. The summed E-state index contributed by atoms with van der Waals surface area (Å²) in [7, 11) is 0. The van der Waals surface area contributed by atoms with Crippen molar-refractivity contribution in [2.75, 3.05) is 19.7 Å². The molecule has 1 saturated heterocycles. The standard InChI is InChI=1S/C18H20N4O3/c1-11(2)16-20-21-17(25-16)14-10-22(8-9-24-14)18(23)13-5-3-4-12-6-7-19-15(12)13/h3-7,11,14,19H,8-10H2,1-2H3/t14-/m1/s1. The summed E-state index contributed by atoms with van der Waals surface area (Å²) >= 11 is 0. The number of nitrogens with one attached hydrogen (secondary N) is 1. The highest BCUT2D eigenvalue weighted by Gasteiger charge is 2.30. The number of hydrogen-bond acceptors (Lipinski definition) is 5. The lowest BCUT2D eigenvalue weighted by molar-refractivity contribution is -0.0350. The van der Waals surface area contributed by atoms with Gasteiger partial charge in [0.1, 0.15) is 0 Å². The lowest BCUT2D eigenvalue weighted by Crippen LogP contribution is -2.42. The summed E-state index contributed by atoms with van der Waals surface area (Å²) in [5.41, 5.74) is 1.52. The molecule has 3 aromatic rings. The number of H-pyrrole nitrogens is 1. The number of nitrogens with zero attached hydrogens (tertiary/aromatic N) is 3. The minimum Gasteiger partial charge on any atom is -0.422 e. The van der Waals surface area contributed by atoms with Crippen LogP contribution in [0, 0.1) is 0 Å². The zero-order chi connectivity index (χ0) is 17.4. The van der Waals surface area contributed by atoms with Crippen LogP contribution in [0.4, 0.5) is 0 Å². The predicted octanol–water partition coefficient (Wildman–Crippen LogP) is 2.89. The van der Waals surface area contributed by atoms with Crippen molar-refractivity contribution in [2.24, 2.45) is 0 Å². The van der Waals surface area contributed by atoms with Gasteiger partial charge in [-0.15, -0.1) is 10.2 Å². The highest BCUT2D eigenvalue weighted by Crippen LogP contribution is 2.25. The minimum atomic E-state index is -0.388. The molecule has 1 N–H and O–H groups in total. The van der Waals surface area contributed by atoms with E-state index >= 15 is 0 Å². The maximum atomic E-state index is 13.0. The van der Waals surface area contributed by atoms with Crippen LogP contribution in [-0.2, 0) is 4.74 Å². The van der Waals surface area contributed by atoms with Gasteiger partial charge in [0, 0.05) is 24.0 Å². The summed E-state index contributed by atoms with van der Waals surface area (Å²) < 4.78 is 11.4. The lowest BCUT2D eigenvalue weighted by Gasteiger charge is -2.31. The Bertz CT molecular complexity index is 899. The third-order valence-electron chi connectivity index (χ3n) is 4.40. The van der Waals surface area contributed by atoms with Crippen molar-refractivity contribution in [1.82, 2.24) is 20.1 Å². The molecule has 3 heterocycles. The number of rotatable bonds is 3. The molecule has 4 rings (SSSR count). The van der Waals surface area contributed by atoms with Gasteiger partial charge in [-0.1, -0.05) is 26.0 Å². The highest BCUT2D eigenvalue weighted by atomic mass is 16.5. The first-order chi connectivity index (χ1) is 12.1. The van der Waals surface area contributed by atoms with E-state index < -0.39 is 0 Å². The Hall–Kier alpha value is -2.67. The molecule has 0 saturated carbocycles. The molecular formula is C18H20N4O3. The largest absolute Gasteiger partial charge is 0.422 e. The number of para-hydroxylation sites is 1. The third kappa shape index (κ3) is 2.91. The third-order valence-corrected chi connectivity index (χ3v) is 4.40. The fraction of sp³-hybridized carbons (Fsp3) is 0.389. The van der Waals surface area contributed by atoms with Gasteiger partial charge in [-0.25, -0.2) is 0 Å². The highest BCUT2D eigenvalue weighted by molar-refractivity contribution is 6.05. The van der Waals surface area contributed by atoms with Crippen molar-refractivity contribution in [3.05, 3.63) is 47.8 Å². The number of carbonyl (C=O) groups excluding carboxylic acids is 1. The van der Waals surface area contributed by atoms with Crippen LogP contribution in [0.5, 0.6) is 0 Å². The molecule has 1 aliphatic heterocycles. The number of aromatic nitrogens is 3. The molecule has 0 unspecified atom stereocenters. The van der Waals surface area contributed by atoms with E-state index in [0.717, 1.165) is 10.9 Å². The first kappa shape index (κ1) is 15.8. The van der Waals surface area contributed by atoms with E-state index in [2.05, 4.69) is 15.2 Å². The van der Waals surface area contributed by atoms with Gasteiger partial charge >= 0.3 is 0 Å². The summed E-state index contributed by atoms with van der Waals surface area (Å²) in [6, 6.07) is 7.68. The molecule has 7 nitrogen and oxygen atoms in total. The first-order valence-corrected chi connectivity index (χ1v) is 8.44. The topological polar surface area (TPSA) is 84.2 Å². The number of ether oxygens (including phenoxy) is 1. The van der Waals surface area contributed by atoms with Crippen LogP contribution < -0.4 is 0 Å². The second-order valence-electron chi connectivity index (χ2n) is 6.49. The van der Waals surface area contributed by atoms with Gasteiger partial charge in [0.05, 0.1) is 24.2 Å². The molecule has 1 amide bonds. The summed E-state index contributed by atoms with van der Waals surface area (Å²) in [6.45, 7) is 5.36. The smallest absolute Gasteiger partial charge is 0.256 e. The van der Waals surface area contributed by atoms with Gasteiger partial charge in [-0.3, -0.25) is 4.79 Å². The SMILES string of the molecule is CC(C)c1nnc([C@H]2CN(C(=O)c3cccc4cc[nH]c34)CCO2)o1. The van der Waals surface area contributed by atoms with Crippen LogP contribution in [0.25, 0.3) is 10.9 Å². The molecule has 1 fully saturated rings. The van der Waals surface area contributed by atoms with E-state index in [9.17, 15) is 4.79 Å². The van der Waals surface area contributed by atoms with Crippen molar-refractivity contribution in [3.63, 3.8) is 0 Å². The van der Waals surface area contributed by atoms with Crippen LogP contribution in [0.15, 0.2) is 34.9 Å². The van der Waals surface area contributed by atoms with Crippen LogP contribution in [0.2, 0.25) is 0 Å². The number of hydrogen-bond donors (Lipinski definition) is 1. The maximum Gasteiger partial charge on any atom is 0.256 e. The monoisotopic (exact) mass is 340 g/mol. The van der Waals surface area contributed by atoms with Gasteiger partial charge in [0.2, 0.25) is 11.8 Å². The molecular weight excluding hydrogens is 320 g/mol. The van der Waals surface area contributed by atoms with E-state index in [4.69, 9.17) is 9.15 Å². The van der Waals surface area contributed by atoms with Gasteiger partial charge in [0.25, 0.3) is 5.91 Å². The Balaban J connectivity index is 1.56. The van der Waals surface area contributed by atoms with Crippen molar-refractivity contribution >= 4 is 16.8 Å². The quantitative estimate of drug-likeness (QED) is 0.792. The van der Waals surface area contributed by atoms with Gasteiger partial charge < -0.3 is 19.0 Å². The van der Waals surface area contributed by atoms with Gasteiger partial charge in [-0.2, -0.15) is 0 Å². The summed E-state index contributed by atoms with van der Waals surface area (Å²) in [5, 5.41) is 9.15. The van der Waals surface area contributed by atoms with E-state index in [1.54, 1.807) is 4.90 Å². The van der Waals surface area contributed by atoms with E-state index in [0.29, 0.717) is 37.0 Å². The number of benzene rings is 1. The van der Waals surface area contributed by atoms with E-state index in [1.165, 1.54) is 0 Å². The van der Waals surface area contributed by atoms with Crippen LogP contribution in [0.1, 0.15) is 48.0 Å². The molecule has 0 bridgehead atoms. The molecule has 0 spiro atoms. The molecule has 1 atom stereocenters. The van der Waals surface area contributed by atoms with Crippen molar-refractivity contribution < 1.29 is 13.9 Å². The normalized spacial score (nSPS) is 18.2. The Kier molecular flexibility index (Phi) is 4.01. The fourth-order valence-electron chi connectivity index (χ4n) is 3.03. The predicted molar refractivity (Wildman–Crippen MR) is 91.3 cm³/mol. The number of morpholine rings is 1. The van der Waals surface area contributed by atoms with Crippen molar-refractivity contribution in [3.8, 4) is 0 Å². The summed E-state index contributed by atoms with van der Waals surface area (Å²) in [4.78, 5) is 17.9.